The largest absolute Gasteiger partial charge is 0.383 e. The highest BCUT2D eigenvalue weighted by Gasteiger charge is 2.34. The molecular formula is C23H23N7O2. The SMILES string of the molecule is C[C@@H]1CC[C@@H](c2ccc3cnccc3c2)N(C(=O)C(=O)Nc2cnc(N)c3cn[nH]c23)C1. The number of aromatic amines is 1. The highest BCUT2D eigenvalue weighted by molar-refractivity contribution is 6.40. The second kappa shape index (κ2) is 7.92. The summed E-state index contributed by atoms with van der Waals surface area (Å²) in [6.45, 7) is 2.61. The van der Waals surface area contributed by atoms with Crippen LogP contribution in [-0.2, 0) is 9.59 Å². The Morgan fingerprint density at radius 2 is 2.03 bits per heavy atom. The number of aromatic nitrogens is 4. The van der Waals surface area contributed by atoms with Gasteiger partial charge in [-0.2, -0.15) is 5.10 Å². The normalized spacial score (nSPS) is 18.7. The molecule has 1 fully saturated rings. The Bertz CT molecular complexity index is 1330. The summed E-state index contributed by atoms with van der Waals surface area (Å²) in [6.07, 6.45) is 8.31. The lowest BCUT2D eigenvalue weighted by molar-refractivity contribution is -0.146. The van der Waals surface area contributed by atoms with Gasteiger partial charge in [-0.1, -0.05) is 19.1 Å². The molecular weight excluding hydrogens is 406 g/mol. The van der Waals surface area contributed by atoms with Crippen LogP contribution in [0.15, 0.2) is 49.1 Å². The van der Waals surface area contributed by atoms with E-state index < -0.39 is 11.8 Å². The number of pyridine rings is 2. The van der Waals surface area contributed by atoms with Crippen LogP contribution in [-0.4, -0.2) is 43.4 Å². The quantitative estimate of drug-likeness (QED) is 0.420. The minimum absolute atomic E-state index is 0.168. The number of nitrogens with one attached hydrogen (secondary N) is 2. The monoisotopic (exact) mass is 429 g/mol. The Kier molecular flexibility index (Phi) is 4.93. The van der Waals surface area contributed by atoms with E-state index in [4.69, 9.17) is 5.73 Å². The summed E-state index contributed by atoms with van der Waals surface area (Å²) < 4.78 is 0. The third-order valence-electron chi connectivity index (χ3n) is 6.09. The number of fused-ring (bicyclic) bond motifs is 2. The molecule has 0 aliphatic carbocycles. The third-order valence-corrected chi connectivity index (χ3v) is 6.09. The first-order chi connectivity index (χ1) is 15.5. The standard InChI is InChI=1S/C23H23N7O2/c1-13-2-5-19(15-3-4-16-9-25-7-6-14(16)8-15)30(12-13)23(32)22(31)28-18-11-26-21(24)17-10-27-29-20(17)18/h3-4,6-11,13,19H,2,5,12H2,1H3,(H2,24,26)(H,27,29)(H,28,31)/t13-,19+/m1/s1. The van der Waals surface area contributed by atoms with Gasteiger partial charge in [-0.25, -0.2) is 4.98 Å². The summed E-state index contributed by atoms with van der Waals surface area (Å²) in [7, 11) is 0. The van der Waals surface area contributed by atoms with Gasteiger partial charge in [0.05, 0.1) is 35.0 Å². The number of rotatable bonds is 2. The Balaban J connectivity index is 1.43. The van der Waals surface area contributed by atoms with Crippen LogP contribution in [0.25, 0.3) is 21.7 Å². The fourth-order valence-electron chi connectivity index (χ4n) is 4.39. The molecule has 4 aromatic rings. The van der Waals surface area contributed by atoms with Gasteiger partial charge in [0.15, 0.2) is 0 Å². The molecule has 0 spiro atoms. The Hall–Kier alpha value is -4.01. The molecule has 4 N–H and O–H groups in total. The second-order valence-corrected chi connectivity index (χ2v) is 8.31. The number of benzene rings is 1. The van der Waals surface area contributed by atoms with E-state index in [1.54, 1.807) is 11.1 Å². The van der Waals surface area contributed by atoms with Crippen molar-refractivity contribution >= 4 is 45.0 Å². The molecule has 5 rings (SSSR count). The van der Waals surface area contributed by atoms with Crippen LogP contribution in [0.5, 0.6) is 0 Å². The van der Waals surface area contributed by atoms with Crippen molar-refractivity contribution in [2.45, 2.75) is 25.8 Å². The lowest BCUT2D eigenvalue weighted by Crippen LogP contribution is -2.46. The fraction of sp³-hybridized carbons (Fsp3) is 0.261. The minimum atomic E-state index is -0.712. The molecule has 9 nitrogen and oxygen atoms in total. The number of H-pyrrole nitrogens is 1. The first-order valence-corrected chi connectivity index (χ1v) is 10.5. The van der Waals surface area contributed by atoms with Crippen LogP contribution in [0.2, 0.25) is 0 Å². The number of carbonyl (C=O) groups excluding carboxylic acids is 2. The predicted octanol–water partition coefficient (Wildman–Crippen LogP) is 3.03. The molecule has 1 aliphatic heterocycles. The van der Waals surface area contributed by atoms with Crippen molar-refractivity contribution in [3.05, 3.63) is 54.6 Å². The van der Waals surface area contributed by atoms with Gasteiger partial charge in [0.1, 0.15) is 5.82 Å². The van der Waals surface area contributed by atoms with E-state index in [1.165, 1.54) is 12.4 Å². The first-order valence-electron chi connectivity index (χ1n) is 10.5. The van der Waals surface area contributed by atoms with Crippen LogP contribution in [0.3, 0.4) is 0 Å². The second-order valence-electron chi connectivity index (χ2n) is 8.31. The maximum Gasteiger partial charge on any atom is 0.314 e. The number of carbonyl (C=O) groups is 2. The maximum absolute atomic E-state index is 13.3. The van der Waals surface area contributed by atoms with Crippen LogP contribution in [0, 0.1) is 5.92 Å². The molecule has 0 unspecified atom stereocenters. The van der Waals surface area contributed by atoms with Crippen molar-refractivity contribution in [3.63, 3.8) is 0 Å². The van der Waals surface area contributed by atoms with E-state index in [0.717, 1.165) is 29.2 Å². The number of nitrogen functional groups attached to an aromatic ring is 1. The number of amides is 2. The van der Waals surface area contributed by atoms with Crippen LogP contribution >= 0.6 is 0 Å². The average molecular weight is 429 g/mol. The number of hydrogen-bond donors (Lipinski definition) is 3. The van der Waals surface area contributed by atoms with Crippen molar-refractivity contribution in [1.82, 2.24) is 25.1 Å². The zero-order valence-corrected chi connectivity index (χ0v) is 17.6. The predicted molar refractivity (Wildman–Crippen MR) is 122 cm³/mol. The van der Waals surface area contributed by atoms with Crippen molar-refractivity contribution in [3.8, 4) is 0 Å². The molecule has 1 saturated heterocycles. The molecule has 4 heterocycles. The van der Waals surface area contributed by atoms with Gasteiger partial charge in [-0.3, -0.25) is 19.7 Å². The molecule has 3 aromatic heterocycles. The number of nitrogens with two attached hydrogens (primary N) is 1. The summed E-state index contributed by atoms with van der Waals surface area (Å²) in [4.78, 5) is 36.1. The molecule has 2 atom stereocenters. The average Bonchev–Trinajstić information content (AvgIpc) is 3.31. The van der Waals surface area contributed by atoms with E-state index in [0.29, 0.717) is 34.9 Å². The van der Waals surface area contributed by atoms with Crippen LogP contribution in [0.4, 0.5) is 11.5 Å². The third kappa shape index (κ3) is 3.51. The summed E-state index contributed by atoms with van der Waals surface area (Å²) >= 11 is 0. The summed E-state index contributed by atoms with van der Waals surface area (Å²) in [5, 5.41) is 12.1. The van der Waals surface area contributed by atoms with Crippen molar-refractivity contribution in [2.24, 2.45) is 5.92 Å². The number of anilines is 2. The van der Waals surface area contributed by atoms with Gasteiger partial charge in [0.2, 0.25) is 0 Å². The van der Waals surface area contributed by atoms with E-state index in [-0.39, 0.29) is 6.04 Å². The lowest BCUT2D eigenvalue weighted by Gasteiger charge is -2.38. The summed E-state index contributed by atoms with van der Waals surface area (Å²) in [5.41, 5.74) is 7.77. The van der Waals surface area contributed by atoms with Gasteiger partial charge in [-0.15, -0.1) is 0 Å². The molecule has 162 valence electrons. The van der Waals surface area contributed by atoms with Crippen molar-refractivity contribution in [1.29, 1.82) is 0 Å². The van der Waals surface area contributed by atoms with Gasteiger partial charge < -0.3 is 16.0 Å². The van der Waals surface area contributed by atoms with Gasteiger partial charge in [0, 0.05) is 24.3 Å². The molecule has 9 heteroatoms. The molecule has 1 aromatic carbocycles. The van der Waals surface area contributed by atoms with Gasteiger partial charge in [0.25, 0.3) is 0 Å². The summed E-state index contributed by atoms with van der Waals surface area (Å²) in [6, 6.07) is 7.88. The lowest BCUT2D eigenvalue weighted by atomic mass is 9.89. The molecule has 32 heavy (non-hydrogen) atoms. The van der Waals surface area contributed by atoms with Crippen molar-refractivity contribution in [2.75, 3.05) is 17.6 Å². The zero-order valence-electron chi connectivity index (χ0n) is 17.6. The maximum atomic E-state index is 13.3. The highest BCUT2D eigenvalue weighted by atomic mass is 16.2. The Labute approximate surface area is 184 Å². The van der Waals surface area contributed by atoms with E-state index >= 15 is 0 Å². The molecule has 2 amide bonds. The summed E-state index contributed by atoms with van der Waals surface area (Å²) in [5.74, 6) is -0.669. The van der Waals surface area contributed by atoms with Gasteiger partial charge >= 0.3 is 11.8 Å². The Morgan fingerprint density at radius 1 is 1.16 bits per heavy atom. The minimum Gasteiger partial charge on any atom is -0.383 e. The fourth-order valence-corrected chi connectivity index (χ4v) is 4.39. The zero-order chi connectivity index (χ0) is 22.2. The molecule has 1 aliphatic rings. The van der Waals surface area contributed by atoms with Crippen molar-refractivity contribution < 1.29 is 9.59 Å². The van der Waals surface area contributed by atoms with E-state index in [2.05, 4.69) is 38.5 Å². The molecule has 0 radical (unpaired) electrons. The van der Waals surface area contributed by atoms with Gasteiger partial charge in [-0.05, 0) is 41.8 Å². The topological polar surface area (TPSA) is 130 Å². The number of likely N-dealkylation sites (tertiary alicyclic amines) is 1. The molecule has 0 saturated carbocycles. The highest BCUT2D eigenvalue weighted by Crippen LogP contribution is 2.35. The van der Waals surface area contributed by atoms with E-state index in [1.807, 2.05) is 24.4 Å². The van der Waals surface area contributed by atoms with Crippen LogP contribution in [0.1, 0.15) is 31.4 Å². The molecule has 0 bridgehead atoms. The number of piperidine rings is 1. The Morgan fingerprint density at radius 3 is 2.91 bits per heavy atom. The van der Waals surface area contributed by atoms with E-state index in [9.17, 15) is 9.59 Å². The van der Waals surface area contributed by atoms with Crippen LogP contribution < -0.4 is 11.1 Å². The number of hydrogen-bond acceptors (Lipinski definition) is 6. The first kappa shape index (κ1) is 19.9. The smallest absolute Gasteiger partial charge is 0.314 e. The number of nitrogens with zero attached hydrogens (tertiary/aromatic N) is 4.